The van der Waals surface area contributed by atoms with E-state index in [2.05, 4.69) is 15.3 Å². The van der Waals surface area contributed by atoms with E-state index in [-0.39, 0.29) is 11.5 Å². The highest BCUT2D eigenvalue weighted by Crippen LogP contribution is 2.19. The van der Waals surface area contributed by atoms with Crippen LogP contribution in [0.2, 0.25) is 0 Å². The first-order valence-electron chi connectivity index (χ1n) is 8.96. The number of amides is 1. The molecule has 0 spiro atoms. The maximum Gasteiger partial charge on any atom is 0.272 e. The van der Waals surface area contributed by atoms with E-state index in [9.17, 15) is 9.59 Å². The maximum atomic E-state index is 12.8. The van der Waals surface area contributed by atoms with Crippen LogP contribution in [-0.2, 0) is 13.6 Å². The van der Waals surface area contributed by atoms with E-state index >= 15 is 0 Å². The Bertz CT molecular complexity index is 1250. The number of nitrogens with one attached hydrogen (secondary N) is 2. The first-order chi connectivity index (χ1) is 13.4. The molecule has 1 amide bonds. The van der Waals surface area contributed by atoms with Gasteiger partial charge in [0.2, 0.25) is 0 Å². The van der Waals surface area contributed by atoms with Gasteiger partial charge in [0, 0.05) is 18.1 Å². The summed E-state index contributed by atoms with van der Waals surface area (Å²) >= 11 is 0. The fraction of sp³-hybridized carbons (Fsp3) is 0.190. The second-order valence-corrected chi connectivity index (χ2v) is 7.09. The summed E-state index contributed by atoms with van der Waals surface area (Å²) in [6, 6.07) is 14.5. The number of rotatable bonds is 4. The Morgan fingerprint density at radius 1 is 1.18 bits per heavy atom. The minimum absolute atomic E-state index is 0.194. The summed E-state index contributed by atoms with van der Waals surface area (Å²) in [6.45, 7) is 0.704. The van der Waals surface area contributed by atoms with Gasteiger partial charge in [0.05, 0.1) is 17.6 Å². The number of anilines is 1. The van der Waals surface area contributed by atoms with Crippen LogP contribution in [0.5, 0.6) is 0 Å². The van der Waals surface area contributed by atoms with Gasteiger partial charge in [-0.15, -0.1) is 0 Å². The first-order valence-corrected chi connectivity index (χ1v) is 8.96. The predicted octanol–water partition coefficient (Wildman–Crippen LogP) is 2.73. The highest BCUT2D eigenvalue weighted by molar-refractivity contribution is 6.05. The van der Waals surface area contributed by atoms with E-state index in [1.807, 2.05) is 49.3 Å². The van der Waals surface area contributed by atoms with Crippen molar-refractivity contribution in [2.75, 3.05) is 19.4 Å². The molecule has 28 heavy (non-hydrogen) atoms. The Kier molecular flexibility index (Phi) is 4.44. The predicted molar refractivity (Wildman–Crippen MR) is 111 cm³/mol. The molecule has 2 aromatic carbocycles. The van der Waals surface area contributed by atoms with Crippen LogP contribution in [0.15, 0.2) is 53.3 Å². The van der Waals surface area contributed by atoms with Crippen LogP contribution >= 0.6 is 0 Å². The third kappa shape index (κ3) is 3.27. The summed E-state index contributed by atoms with van der Waals surface area (Å²) in [7, 11) is 5.56. The monoisotopic (exact) mass is 375 g/mol. The maximum absolute atomic E-state index is 12.8. The summed E-state index contributed by atoms with van der Waals surface area (Å²) < 4.78 is 1.38. The highest BCUT2D eigenvalue weighted by atomic mass is 16.2. The van der Waals surface area contributed by atoms with E-state index in [4.69, 9.17) is 0 Å². The van der Waals surface area contributed by atoms with Gasteiger partial charge >= 0.3 is 0 Å². The van der Waals surface area contributed by atoms with Gasteiger partial charge in [-0.2, -0.15) is 0 Å². The minimum atomic E-state index is -0.335. The van der Waals surface area contributed by atoms with Crippen molar-refractivity contribution in [3.63, 3.8) is 0 Å². The Morgan fingerprint density at radius 3 is 2.75 bits per heavy atom. The fourth-order valence-electron chi connectivity index (χ4n) is 3.28. The quantitative estimate of drug-likeness (QED) is 0.575. The zero-order valence-corrected chi connectivity index (χ0v) is 16.0. The van der Waals surface area contributed by atoms with Crippen molar-refractivity contribution >= 4 is 33.4 Å². The molecule has 2 N–H and O–H groups in total. The number of aromatic amines is 1. The molecule has 4 rings (SSSR count). The number of aromatic nitrogens is 3. The lowest BCUT2D eigenvalue weighted by Gasteiger charge is -2.11. The van der Waals surface area contributed by atoms with Gasteiger partial charge in [0.15, 0.2) is 0 Å². The number of imidazole rings is 1. The van der Waals surface area contributed by atoms with Crippen LogP contribution < -0.4 is 10.9 Å². The summed E-state index contributed by atoms with van der Waals surface area (Å²) in [5.74, 6) is 0.526. The van der Waals surface area contributed by atoms with Crippen LogP contribution in [-0.4, -0.2) is 39.4 Å². The van der Waals surface area contributed by atoms with Crippen LogP contribution in [0, 0.1) is 0 Å². The number of pyridine rings is 1. The molecule has 0 saturated heterocycles. The topological polar surface area (TPSA) is 83.0 Å². The average molecular weight is 375 g/mol. The van der Waals surface area contributed by atoms with Gasteiger partial charge in [-0.3, -0.25) is 9.59 Å². The molecule has 0 radical (unpaired) electrons. The molecule has 0 unspecified atom stereocenters. The van der Waals surface area contributed by atoms with Gasteiger partial charge < -0.3 is 19.8 Å². The summed E-state index contributed by atoms with van der Waals surface area (Å²) in [5, 5.41) is 4.21. The van der Waals surface area contributed by atoms with Gasteiger partial charge in [0.25, 0.3) is 11.5 Å². The third-order valence-corrected chi connectivity index (χ3v) is 4.64. The Hall–Kier alpha value is -3.45. The second kappa shape index (κ2) is 6.94. The molecule has 7 heteroatoms. The number of hydrogen-bond acceptors (Lipinski definition) is 4. The molecule has 0 fully saturated rings. The summed E-state index contributed by atoms with van der Waals surface area (Å²) in [6.07, 6.45) is 0. The molecule has 0 saturated carbocycles. The zero-order chi connectivity index (χ0) is 19.8. The number of benzene rings is 2. The molecule has 142 valence electrons. The van der Waals surface area contributed by atoms with E-state index in [0.29, 0.717) is 23.3 Å². The molecular weight excluding hydrogens is 354 g/mol. The van der Waals surface area contributed by atoms with Gasteiger partial charge in [0.1, 0.15) is 11.5 Å². The van der Waals surface area contributed by atoms with Crippen LogP contribution in [0.3, 0.4) is 0 Å². The normalized spacial score (nSPS) is 11.4. The van der Waals surface area contributed by atoms with Crippen molar-refractivity contribution in [2.45, 2.75) is 6.54 Å². The van der Waals surface area contributed by atoms with Gasteiger partial charge in [-0.1, -0.05) is 18.2 Å². The number of carbonyl (C=O) groups excluding carboxylic acids is 1. The lowest BCUT2D eigenvalue weighted by atomic mass is 10.1. The van der Waals surface area contributed by atoms with Crippen LogP contribution in [0.4, 0.5) is 5.69 Å². The third-order valence-electron chi connectivity index (χ3n) is 4.64. The van der Waals surface area contributed by atoms with Crippen molar-refractivity contribution < 1.29 is 4.79 Å². The number of hydrogen-bond donors (Lipinski definition) is 2. The molecule has 0 atom stereocenters. The fourth-order valence-corrected chi connectivity index (χ4v) is 3.28. The summed E-state index contributed by atoms with van der Waals surface area (Å²) in [4.78, 5) is 35.2. The first kappa shape index (κ1) is 17.9. The number of carbonyl (C=O) groups is 1. The molecule has 2 aromatic heterocycles. The number of fused-ring (bicyclic) bond motifs is 2. The van der Waals surface area contributed by atoms with Crippen LogP contribution in [0.25, 0.3) is 21.8 Å². The lowest BCUT2D eigenvalue weighted by molar-refractivity contribution is 0.101. The Morgan fingerprint density at radius 2 is 1.96 bits per heavy atom. The number of nitrogens with zero attached hydrogens (tertiary/aromatic N) is 3. The van der Waals surface area contributed by atoms with Gasteiger partial charge in [-0.05, 0) is 49.8 Å². The van der Waals surface area contributed by atoms with Crippen LogP contribution in [0.1, 0.15) is 16.3 Å². The average Bonchev–Trinajstić information content (AvgIpc) is 3.05. The van der Waals surface area contributed by atoms with E-state index in [1.165, 1.54) is 4.57 Å². The molecule has 4 aromatic rings. The minimum Gasteiger partial charge on any atom is -0.341 e. The molecule has 7 nitrogen and oxygen atoms in total. The smallest absolute Gasteiger partial charge is 0.272 e. The SMILES string of the molecule is CN(C)Cc1nc2ccc(NC(=O)c3cc4ccccc4c(=O)n3C)cc2[nH]1. The molecule has 0 aliphatic rings. The largest absolute Gasteiger partial charge is 0.341 e. The van der Waals surface area contributed by atoms with E-state index in [0.717, 1.165) is 22.2 Å². The number of H-pyrrole nitrogens is 1. The van der Waals surface area contributed by atoms with Crippen molar-refractivity contribution in [3.05, 3.63) is 70.4 Å². The molecule has 0 aliphatic heterocycles. The van der Waals surface area contributed by atoms with E-state index in [1.54, 1.807) is 25.2 Å². The second-order valence-electron chi connectivity index (χ2n) is 7.09. The zero-order valence-electron chi connectivity index (χ0n) is 16.0. The van der Waals surface area contributed by atoms with E-state index < -0.39 is 0 Å². The van der Waals surface area contributed by atoms with Gasteiger partial charge in [-0.25, -0.2) is 4.98 Å². The van der Waals surface area contributed by atoms with Crippen molar-refractivity contribution in [3.8, 4) is 0 Å². The summed E-state index contributed by atoms with van der Waals surface area (Å²) in [5.41, 5.74) is 2.44. The van der Waals surface area contributed by atoms with Crippen molar-refractivity contribution in [1.82, 2.24) is 19.4 Å². The van der Waals surface area contributed by atoms with Crippen molar-refractivity contribution in [2.24, 2.45) is 7.05 Å². The highest BCUT2D eigenvalue weighted by Gasteiger charge is 2.14. The van der Waals surface area contributed by atoms with Crippen molar-refractivity contribution in [1.29, 1.82) is 0 Å². The Labute approximate surface area is 161 Å². The standard InChI is InChI=1S/C21H21N5O2/c1-25(2)12-19-23-16-9-8-14(11-17(16)24-19)22-20(27)18-10-13-6-4-5-7-15(13)21(28)26(18)3/h4-11H,12H2,1-3H3,(H,22,27)(H,23,24). The molecule has 0 aliphatic carbocycles. The molecule has 2 heterocycles. The lowest BCUT2D eigenvalue weighted by Crippen LogP contribution is -2.26. The molecular formula is C21H21N5O2. The Balaban J connectivity index is 1.65. The molecule has 0 bridgehead atoms.